The lowest BCUT2D eigenvalue weighted by Gasteiger charge is -2.04. The number of hydrogen-bond acceptors (Lipinski definition) is 5. The molecule has 2 aromatic rings. The van der Waals surface area contributed by atoms with Gasteiger partial charge < -0.3 is 4.18 Å². The number of nitrogens with zero attached hydrogens (tertiary/aromatic N) is 1. The molecule has 4 N–H and O–H groups in total. The number of aromatic amines is 1. The van der Waals surface area contributed by atoms with E-state index in [0.717, 1.165) is 5.56 Å². The highest BCUT2D eigenvalue weighted by atomic mass is 32.2. The Kier molecular flexibility index (Phi) is 3.09. The summed E-state index contributed by atoms with van der Waals surface area (Å²) in [5, 5.41) is 6.18. The van der Waals surface area contributed by atoms with Crippen molar-refractivity contribution in [3.63, 3.8) is 0 Å². The third-order valence-corrected chi connectivity index (χ3v) is 2.70. The lowest BCUT2D eigenvalue weighted by Crippen LogP contribution is -2.34. The fourth-order valence-electron chi connectivity index (χ4n) is 1.29. The predicted molar refractivity (Wildman–Crippen MR) is 60.9 cm³/mol. The molecule has 0 unspecified atom stereocenters. The first kappa shape index (κ1) is 11.6. The fourth-order valence-corrected chi connectivity index (χ4v) is 1.69. The lowest BCUT2D eigenvalue weighted by atomic mass is 10.1. The molecular formula is C9H10N4O3S. The molecular weight excluding hydrogens is 244 g/mol. The van der Waals surface area contributed by atoms with Gasteiger partial charge in [-0.05, 0) is 5.56 Å². The summed E-state index contributed by atoms with van der Waals surface area (Å²) < 4.78 is 27.0. The molecule has 0 aliphatic carbocycles. The van der Waals surface area contributed by atoms with Gasteiger partial charge in [0.2, 0.25) is 5.88 Å². The number of benzene rings is 1. The monoisotopic (exact) mass is 254 g/mol. The number of hydrazine groups is 1. The summed E-state index contributed by atoms with van der Waals surface area (Å²) in [6.07, 6.45) is 1.47. The number of H-pyrrole nitrogens is 1. The van der Waals surface area contributed by atoms with Crippen molar-refractivity contribution < 1.29 is 12.6 Å². The molecule has 1 aromatic heterocycles. The molecule has 1 aromatic carbocycles. The van der Waals surface area contributed by atoms with Crippen LogP contribution in [-0.2, 0) is 10.3 Å². The maximum Gasteiger partial charge on any atom is 0.396 e. The van der Waals surface area contributed by atoms with E-state index < -0.39 is 10.3 Å². The second kappa shape index (κ2) is 4.53. The summed E-state index contributed by atoms with van der Waals surface area (Å²) in [4.78, 5) is 1.56. The van der Waals surface area contributed by atoms with E-state index in [4.69, 9.17) is 10.0 Å². The zero-order chi connectivity index (χ0) is 12.3. The first-order valence-electron chi connectivity index (χ1n) is 4.63. The lowest BCUT2D eigenvalue weighted by molar-refractivity contribution is 0.463. The minimum atomic E-state index is -4.02. The van der Waals surface area contributed by atoms with Crippen LogP contribution in [0.1, 0.15) is 0 Å². The van der Waals surface area contributed by atoms with Crippen molar-refractivity contribution in [1.82, 2.24) is 15.0 Å². The second-order valence-corrected chi connectivity index (χ2v) is 4.44. The van der Waals surface area contributed by atoms with Crippen LogP contribution < -0.4 is 14.9 Å². The highest BCUT2D eigenvalue weighted by molar-refractivity contribution is 7.85. The molecule has 0 saturated carbocycles. The molecule has 2 rings (SSSR count). The van der Waals surface area contributed by atoms with Crippen LogP contribution in [0.3, 0.4) is 0 Å². The number of aromatic nitrogens is 2. The Morgan fingerprint density at radius 1 is 1.29 bits per heavy atom. The van der Waals surface area contributed by atoms with Gasteiger partial charge in [0.05, 0.1) is 11.8 Å². The van der Waals surface area contributed by atoms with Gasteiger partial charge in [0.15, 0.2) is 0 Å². The predicted octanol–water partition coefficient (Wildman–Crippen LogP) is 0.164. The van der Waals surface area contributed by atoms with Crippen molar-refractivity contribution in [3.8, 4) is 17.0 Å². The van der Waals surface area contributed by atoms with Gasteiger partial charge >= 0.3 is 10.3 Å². The van der Waals surface area contributed by atoms with Crippen LogP contribution in [-0.4, -0.2) is 18.6 Å². The van der Waals surface area contributed by atoms with E-state index in [1.807, 2.05) is 18.2 Å². The number of nitrogens with one attached hydrogen (secondary N) is 2. The van der Waals surface area contributed by atoms with Crippen molar-refractivity contribution in [1.29, 1.82) is 0 Å². The maximum atomic E-state index is 11.1. The number of rotatable bonds is 4. The summed E-state index contributed by atoms with van der Waals surface area (Å²) in [6, 6.07) is 9.10. The van der Waals surface area contributed by atoms with Gasteiger partial charge in [-0.2, -0.15) is 13.5 Å². The van der Waals surface area contributed by atoms with Crippen molar-refractivity contribution >= 4 is 10.3 Å². The van der Waals surface area contributed by atoms with Crippen molar-refractivity contribution in [2.24, 2.45) is 5.84 Å². The molecule has 0 atom stereocenters. The Morgan fingerprint density at radius 2 is 2.00 bits per heavy atom. The van der Waals surface area contributed by atoms with E-state index in [9.17, 15) is 8.42 Å². The van der Waals surface area contributed by atoms with Gasteiger partial charge in [0.25, 0.3) is 0 Å². The van der Waals surface area contributed by atoms with E-state index in [1.165, 1.54) is 6.20 Å². The number of hydrogen-bond donors (Lipinski definition) is 3. The van der Waals surface area contributed by atoms with Crippen LogP contribution in [0.5, 0.6) is 5.88 Å². The van der Waals surface area contributed by atoms with E-state index in [1.54, 1.807) is 17.0 Å². The molecule has 0 aliphatic heterocycles. The van der Waals surface area contributed by atoms with Gasteiger partial charge in [0.1, 0.15) is 0 Å². The molecule has 17 heavy (non-hydrogen) atoms. The molecule has 0 spiro atoms. The molecule has 0 amide bonds. The Bertz CT molecular complexity index is 594. The second-order valence-electron chi connectivity index (χ2n) is 3.13. The molecule has 0 aliphatic rings. The fraction of sp³-hybridized carbons (Fsp3) is 0. The summed E-state index contributed by atoms with van der Waals surface area (Å²) in [6.45, 7) is 0. The van der Waals surface area contributed by atoms with Gasteiger partial charge in [0, 0.05) is 0 Å². The molecule has 8 heteroatoms. The highest BCUT2D eigenvalue weighted by Gasteiger charge is 2.16. The zero-order valence-corrected chi connectivity index (χ0v) is 9.44. The third kappa shape index (κ3) is 2.61. The Balaban J connectivity index is 2.36. The van der Waals surface area contributed by atoms with E-state index in [-0.39, 0.29) is 5.88 Å². The zero-order valence-electron chi connectivity index (χ0n) is 8.62. The van der Waals surface area contributed by atoms with Crippen LogP contribution in [0.2, 0.25) is 0 Å². The number of nitrogens with two attached hydrogens (primary N) is 1. The Hall–Kier alpha value is -1.90. The molecule has 0 saturated heterocycles. The summed E-state index contributed by atoms with van der Waals surface area (Å²) in [5.41, 5.74) is 1.31. The molecule has 0 bridgehead atoms. The van der Waals surface area contributed by atoms with Crippen molar-refractivity contribution in [2.45, 2.75) is 0 Å². The highest BCUT2D eigenvalue weighted by Crippen LogP contribution is 2.27. The normalized spacial score (nSPS) is 11.4. The van der Waals surface area contributed by atoms with Crippen LogP contribution in [0.15, 0.2) is 36.5 Å². The van der Waals surface area contributed by atoms with Crippen molar-refractivity contribution in [3.05, 3.63) is 36.5 Å². The summed E-state index contributed by atoms with van der Waals surface area (Å²) in [5.74, 6) is 4.82. The largest absolute Gasteiger partial charge is 0.396 e. The van der Waals surface area contributed by atoms with Gasteiger partial charge in [-0.15, -0.1) is 4.83 Å². The van der Waals surface area contributed by atoms with Gasteiger partial charge in [-0.25, -0.2) is 5.10 Å². The van der Waals surface area contributed by atoms with Crippen LogP contribution in [0.4, 0.5) is 0 Å². The van der Waals surface area contributed by atoms with Crippen LogP contribution >= 0.6 is 0 Å². The maximum absolute atomic E-state index is 11.1. The topological polar surface area (TPSA) is 110 Å². The smallest absolute Gasteiger partial charge is 0.349 e. The average Bonchev–Trinajstić information content (AvgIpc) is 2.77. The van der Waals surface area contributed by atoms with E-state index in [0.29, 0.717) is 5.56 Å². The summed E-state index contributed by atoms with van der Waals surface area (Å²) in [7, 11) is -4.02. The van der Waals surface area contributed by atoms with Gasteiger partial charge in [-0.3, -0.25) is 5.84 Å². The quantitative estimate of drug-likeness (QED) is 0.532. The SMILES string of the molecule is NNS(=O)(=O)Oc1[nH]ncc1-c1ccccc1. The van der Waals surface area contributed by atoms with E-state index >= 15 is 0 Å². The first-order chi connectivity index (χ1) is 8.12. The Morgan fingerprint density at radius 3 is 2.65 bits per heavy atom. The minimum absolute atomic E-state index is 0.00847. The van der Waals surface area contributed by atoms with Crippen LogP contribution in [0, 0.1) is 0 Å². The van der Waals surface area contributed by atoms with Gasteiger partial charge in [-0.1, -0.05) is 30.3 Å². The summed E-state index contributed by atoms with van der Waals surface area (Å²) >= 11 is 0. The molecule has 7 nitrogen and oxygen atoms in total. The van der Waals surface area contributed by atoms with E-state index in [2.05, 4.69) is 10.2 Å². The van der Waals surface area contributed by atoms with Crippen LogP contribution in [0.25, 0.3) is 11.1 Å². The third-order valence-electron chi connectivity index (χ3n) is 2.03. The molecule has 90 valence electrons. The van der Waals surface area contributed by atoms with Crippen molar-refractivity contribution in [2.75, 3.05) is 0 Å². The Labute approximate surface area is 97.8 Å². The average molecular weight is 254 g/mol. The molecule has 1 heterocycles. The standard InChI is InChI=1S/C9H10N4O3S/c10-13-17(14,15)16-9-8(6-11-12-9)7-4-2-1-3-5-7/h1-6,13H,10H2,(H,11,12). The first-order valence-corrected chi connectivity index (χ1v) is 6.04. The molecule has 0 radical (unpaired) electrons. The minimum Gasteiger partial charge on any atom is -0.349 e. The molecule has 0 fully saturated rings.